The van der Waals surface area contributed by atoms with Crippen LogP contribution in [0.5, 0.6) is 0 Å². The number of aromatic amines is 1. The number of hydrogen-bond donors (Lipinski definition) is 1. The van der Waals surface area contributed by atoms with E-state index in [0.29, 0.717) is 24.2 Å². The number of nitrogens with zero attached hydrogens (tertiary/aromatic N) is 2. The molecule has 2 atom stereocenters. The summed E-state index contributed by atoms with van der Waals surface area (Å²) in [5, 5.41) is 8.43. The average Bonchev–Trinajstić information content (AvgIpc) is 3.24. The Morgan fingerprint density at radius 1 is 1.06 bits per heavy atom. The highest BCUT2D eigenvalue weighted by Gasteiger charge is 2.26. The maximum Gasteiger partial charge on any atom is 0.264 e. The number of benzene rings is 2. The van der Waals surface area contributed by atoms with Gasteiger partial charge in [0.15, 0.2) is 0 Å². The van der Waals surface area contributed by atoms with Crippen molar-refractivity contribution >= 4 is 26.6 Å². The van der Waals surface area contributed by atoms with Crippen LogP contribution in [0.25, 0.3) is 10.9 Å². The van der Waals surface area contributed by atoms with Gasteiger partial charge in [0.1, 0.15) is 0 Å². The van der Waals surface area contributed by atoms with E-state index in [9.17, 15) is 8.42 Å². The lowest BCUT2D eigenvalue weighted by molar-refractivity contribution is 0.00711. The number of hydrogen-bond acceptors (Lipinski definition) is 4. The monoisotopic (exact) mass is 511 g/mol. The molecule has 0 spiro atoms. The van der Waals surface area contributed by atoms with Crippen LogP contribution < -0.4 is 4.31 Å². The number of ether oxygens (including phenoxy) is 1. The molecule has 0 unspecified atom stereocenters. The Kier molecular flexibility index (Phi) is 9.36. The van der Waals surface area contributed by atoms with Gasteiger partial charge in [-0.1, -0.05) is 52.0 Å². The first-order valence-corrected chi connectivity index (χ1v) is 14.4. The van der Waals surface area contributed by atoms with Crippen LogP contribution in [0.15, 0.2) is 59.5 Å². The minimum atomic E-state index is -3.76. The smallest absolute Gasteiger partial charge is 0.264 e. The van der Waals surface area contributed by atoms with Crippen molar-refractivity contribution in [1.82, 2.24) is 10.2 Å². The SMILES string of the molecule is C=C(Cc1[nH]nc2cc(S(=O)(=O)N(CC(C)C)c3ccc(CC)cc3)ccc12)C[C@@H](C)O[C@@H](C)CC. The first-order valence-electron chi connectivity index (χ1n) is 13.0. The molecule has 2 aromatic carbocycles. The summed E-state index contributed by atoms with van der Waals surface area (Å²) in [6.07, 6.45) is 3.60. The van der Waals surface area contributed by atoms with Crippen molar-refractivity contribution in [3.8, 4) is 0 Å². The number of aryl methyl sites for hydroxylation is 1. The van der Waals surface area contributed by atoms with Crippen molar-refractivity contribution in [1.29, 1.82) is 0 Å². The molecular weight excluding hydrogens is 470 g/mol. The molecule has 1 aromatic heterocycles. The molecule has 3 aromatic rings. The molecule has 0 aliphatic heterocycles. The number of rotatable bonds is 13. The molecule has 0 aliphatic carbocycles. The molecule has 0 radical (unpaired) electrons. The predicted molar refractivity (Wildman–Crippen MR) is 149 cm³/mol. The molecule has 0 bridgehead atoms. The maximum atomic E-state index is 13.7. The van der Waals surface area contributed by atoms with E-state index in [1.54, 1.807) is 12.1 Å². The van der Waals surface area contributed by atoms with Gasteiger partial charge in [0.05, 0.1) is 28.3 Å². The second-order valence-electron chi connectivity index (χ2n) is 10.1. The molecule has 1 N–H and O–H groups in total. The lowest BCUT2D eigenvalue weighted by atomic mass is 10.0. The summed E-state index contributed by atoms with van der Waals surface area (Å²) in [5.74, 6) is 0.170. The minimum absolute atomic E-state index is 0.0942. The van der Waals surface area contributed by atoms with Crippen LogP contribution in [-0.2, 0) is 27.6 Å². The fraction of sp³-hybridized carbons (Fsp3) is 0.483. The first-order chi connectivity index (χ1) is 17.0. The molecule has 0 saturated heterocycles. The van der Waals surface area contributed by atoms with E-state index in [1.165, 1.54) is 9.87 Å². The summed E-state index contributed by atoms with van der Waals surface area (Å²) in [6, 6.07) is 13.0. The van der Waals surface area contributed by atoms with E-state index in [2.05, 4.69) is 44.5 Å². The quantitative estimate of drug-likeness (QED) is 0.260. The molecule has 196 valence electrons. The van der Waals surface area contributed by atoms with Gasteiger partial charge in [0.25, 0.3) is 10.0 Å². The average molecular weight is 512 g/mol. The molecule has 0 amide bonds. The fourth-order valence-corrected chi connectivity index (χ4v) is 5.96. The van der Waals surface area contributed by atoms with Crippen LogP contribution in [0.4, 0.5) is 5.69 Å². The third kappa shape index (κ3) is 6.77. The normalized spacial score (nSPS) is 13.8. The van der Waals surface area contributed by atoms with E-state index in [-0.39, 0.29) is 23.0 Å². The Morgan fingerprint density at radius 2 is 1.75 bits per heavy atom. The zero-order valence-corrected chi connectivity index (χ0v) is 23.4. The Labute approximate surface area is 216 Å². The van der Waals surface area contributed by atoms with Gasteiger partial charge < -0.3 is 4.74 Å². The van der Waals surface area contributed by atoms with E-state index in [1.807, 2.05) is 44.2 Å². The van der Waals surface area contributed by atoms with Crippen molar-refractivity contribution in [3.63, 3.8) is 0 Å². The molecule has 7 heteroatoms. The van der Waals surface area contributed by atoms with E-state index >= 15 is 0 Å². The Morgan fingerprint density at radius 3 is 2.36 bits per heavy atom. The number of nitrogens with one attached hydrogen (secondary N) is 1. The molecule has 0 saturated carbocycles. The van der Waals surface area contributed by atoms with E-state index < -0.39 is 10.0 Å². The van der Waals surface area contributed by atoms with Gasteiger partial charge in [-0.2, -0.15) is 5.10 Å². The minimum Gasteiger partial charge on any atom is -0.375 e. The summed E-state index contributed by atoms with van der Waals surface area (Å²) in [4.78, 5) is 0.239. The number of H-pyrrole nitrogens is 1. The van der Waals surface area contributed by atoms with Crippen LogP contribution in [0.2, 0.25) is 0 Å². The van der Waals surface area contributed by atoms with Crippen LogP contribution >= 0.6 is 0 Å². The standard InChI is InChI=1S/C29H41N3O3S/c1-8-22(6)35-23(7)16-21(5)17-28-27-15-14-26(18-29(27)31-30-28)36(33,34)32(19-20(3)4)25-12-10-24(9-2)11-13-25/h10-15,18,20,22-23H,5,8-9,16-17,19H2,1-4,6-7H3,(H,30,31)/t22-,23+/m0/s1. The van der Waals surface area contributed by atoms with Gasteiger partial charge in [-0.05, 0) is 74.9 Å². The maximum absolute atomic E-state index is 13.7. The van der Waals surface area contributed by atoms with Gasteiger partial charge in [-0.3, -0.25) is 9.40 Å². The van der Waals surface area contributed by atoms with Gasteiger partial charge >= 0.3 is 0 Å². The largest absolute Gasteiger partial charge is 0.375 e. The summed E-state index contributed by atoms with van der Waals surface area (Å²) in [5.41, 5.74) is 4.46. The van der Waals surface area contributed by atoms with Crippen molar-refractivity contribution in [2.75, 3.05) is 10.8 Å². The topological polar surface area (TPSA) is 75.3 Å². The molecule has 0 aliphatic rings. The lowest BCUT2D eigenvalue weighted by Crippen LogP contribution is -2.34. The number of sulfonamides is 1. The van der Waals surface area contributed by atoms with Crippen molar-refractivity contribution in [2.24, 2.45) is 5.92 Å². The van der Waals surface area contributed by atoms with Crippen molar-refractivity contribution in [3.05, 3.63) is 65.9 Å². The Bertz CT molecular complexity index is 1260. The molecule has 1 heterocycles. The molecule has 3 rings (SSSR count). The van der Waals surface area contributed by atoms with Gasteiger partial charge in [0.2, 0.25) is 0 Å². The summed E-state index contributed by atoms with van der Waals surface area (Å²) >= 11 is 0. The highest BCUT2D eigenvalue weighted by Crippen LogP contribution is 2.29. The fourth-order valence-electron chi connectivity index (χ4n) is 4.31. The van der Waals surface area contributed by atoms with Crippen molar-refractivity contribution in [2.45, 2.75) is 84.3 Å². The zero-order valence-electron chi connectivity index (χ0n) is 22.5. The van der Waals surface area contributed by atoms with Gasteiger partial charge in [0, 0.05) is 24.0 Å². The molecule has 36 heavy (non-hydrogen) atoms. The molecular formula is C29H41N3O3S. The van der Waals surface area contributed by atoms with Crippen LogP contribution in [0.1, 0.15) is 65.6 Å². The summed E-state index contributed by atoms with van der Waals surface area (Å²) < 4.78 is 35.0. The van der Waals surface area contributed by atoms with E-state index in [0.717, 1.165) is 35.9 Å². The molecule has 0 fully saturated rings. The van der Waals surface area contributed by atoms with Crippen LogP contribution in [0.3, 0.4) is 0 Å². The molecule has 6 nitrogen and oxygen atoms in total. The second-order valence-corrected chi connectivity index (χ2v) is 12.0. The third-order valence-electron chi connectivity index (χ3n) is 6.40. The highest BCUT2D eigenvalue weighted by molar-refractivity contribution is 7.92. The van der Waals surface area contributed by atoms with Gasteiger partial charge in [-0.15, -0.1) is 0 Å². The van der Waals surface area contributed by atoms with E-state index in [4.69, 9.17) is 4.74 Å². The number of aromatic nitrogens is 2. The first kappa shape index (κ1) is 27.9. The highest BCUT2D eigenvalue weighted by atomic mass is 32.2. The predicted octanol–water partition coefficient (Wildman–Crippen LogP) is 6.67. The summed E-state index contributed by atoms with van der Waals surface area (Å²) in [7, 11) is -3.76. The number of fused-ring (bicyclic) bond motifs is 1. The zero-order chi connectivity index (χ0) is 26.5. The van der Waals surface area contributed by atoms with Crippen LogP contribution in [0, 0.1) is 5.92 Å². The van der Waals surface area contributed by atoms with Crippen LogP contribution in [-0.4, -0.2) is 37.4 Å². The third-order valence-corrected chi connectivity index (χ3v) is 8.19. The lowest BCUT2D eigenvalue weighted by Gasteiger charge is -2.26. The Hall–Kier alpha value is -2.64. The summed E-state index contributed by atoms with van der Waals surface area (Å²) in [6.45, 7) is 17.0. The second kappa shape index (κ2) is 12.1. The van der Waals surface area contributed by atoms with Gasteiger partial charge in [-0.25, -0.2) is 8.42 Å². The Balaban J connectivity index is 1.84. The van der Waals surface area contributed by atoms with Crippen molar-refractivity contribution < 1.29 is 13.2 Å². The number of anilines is 1.